The van der Waals surface area contributed by atoms with Crippen LogP contribution in [0.3, 0.4) is 0 Å². The lowest BCUT2D eigenvalue weighted by Gasteiger charge is -2.09. The van der Waals surface area contributed by atoms with Gasteiger partial charge < -0.3 is 9.73 Å². The van der Waals surface area contributed by atoms with E-state index in [1.54, 1.807) is 6.26 Å². The first-order valence-corrected chi connectivity index (χ1v) is 5.71. The summed E-state index contributed by atoms with van der Waals surface area (Å²) in [6.45, 7) is 2.08. The van der Waals surface area contributed by atoms with Gasteiger partial charge in [0.2, 0.25) is 0 Å². The van der Waals surface area contributed by atoms with Gasteiger partial charge in [-0.15, -0.1) is 0 Å². The largest absolute Gasteiger partial charge is 0.464 e. The highest BCUT2D eigenvalue weighted by Crippen LogP contribution is 2.19. The van der Waals surface area contributed by atoms with Crippen molar-refractivity contribution in [1.29, 1.82) is 0 Å². The van der Waals surface area contributed by atoms with E-state index in [1.165, 1.54) is 12.8 Å². The van der Waals surface area contributed by atoms with E-state index >= 15 is 0 Å². The summed E-state index contributed by atoms with van der Waals surface area (Å²) in [5, 5.41) is 7.82. The second-order valence-corrected chi connectivity index (χ2v) is 4.22. The molecule has 0 aromatic carbocycles. The molecule has 1 atom stereocenters. The van der Waals surface area contributed by atoms with Gasteiger partial charge in [0.15, 0.2) is 0 Å². The predicted molar refractivity (Wildman–Crippen MR) is 61.0 cm³/mol. The van der Waals surface area contributed by atoms with Crippen molar-refractivity contribution in [3.63, 3.8) is 0 Å². The zero-order valence-electron chi connectivity index (χ0n) is 9.10. The van der Waals surface area contributed by atoms with Crippen LogP contribution in [0.4, 0.5) is 0 Å². The predicted octanol–water partition coefficient (Wildman–Crippen LogP) is 1.90. The normalized spacial score (nSPS) is 20.4. The van der Waals surface area contributed by atoms with Crippen molar-refractivity contribution in [1.82, 2.24) is 15.1 Å². The van der Waals surface area contributed by atoms with Crippen molar-refractivity contribution >= 4 is 0 Å². The van der Waals surface area contributed by atoms with Crippen LogP contribution >= 0.6 is 0 Å². The molecule has 4 heteroatoms. The van der Waals surface area contributed by atoms with E-state index in [2.05, 4.69) is 10.4 Å². The number of rotatable bonds is 3. The van der Waals surface area contributed by atoms with Gasteiger partial charge in [0.25, 0.3) is 0 Å². The lowest BCUT2D eigenvalue weighted by Crippen LogP contribution is -2.26. The lowest BCUT2D eigenvalue weighted by atomic mass is 10.2. The van der Waals surface area contributed by atoms with Gasteiger partial charge in [-0.25, -0.2) is 0 Å². The highest BCUT2D eigenvalue weighted by molar-refractivity contribution is 5.54. The fraction of sp³-hybridized carbons (Fsp3) is 0.417. The highest BCUT2D eigenvalue weighted by Gasteiger charge is 2.15. The van der Waals surface area contributed by atoms with Crippen molar-refractivity contribution in [2.45, 2.75) is 25.4 Å². The molecule has 1 aliphatic heterocycles. The van der Waals surface area contributed by atoms with E-state index in [0.717, 1.165) is 24.4 Å². The Balaban J connectivity index is 1.72. The minimum Gasteiger partial charge on any atom is -0.464 e. The van der Waals surface area contributed by atoms with Gasteiger partial charge in [-0.2, -0.15) is 5.10 Å². The van der Waals surface area contributed by atoms with Gasteiger partial charge in [0, 0.05) is 12.2 Å². The fourth-order valence-corrected chi connectivity index (χ4v) is 2.17. The van der Waals surface area contributed by atoms with Crippen LogP contribution < -0.4 is 5.32 Å². The van der Waals surface area contributed by atoms with Crippen LogP contribution in [0.5, 0.6) is 0 Å². The zero-order chi connectivity index (χ0) is 10.8. The average molecular weight is 217 g/mol. The van der Waals surface area contributed by atoms with Crippen molar-refractivity contribution in [2.75, 3.05) is 6.54 Å². The SMILES string of the molecule is c1coc(-c2cnn(CC3CCCN3)c2)c1. The number of furan rings is 1. The van der Waals surface area contributed by atoms with Gasteiger partial charge in [0.05, 0.1) is 24.6 Å². The van der Waals surface area contributed by atoms with Crippen molar-refractivity contribution in [3.8, 4) is 11.3 Å². The second-order valence-electron chi connectivity index (χ2n) is 4.22. The van der Waals surface area contributed by atoms with Crippen LogP contribution in [0, 0.1) is 0 Å². The van der Waals surface area contributed by atoms with Crippen LogP contribution in [0.25, 0.3) is 11.3 Å². The van der Waals surface area contributed by atoms with Crippen LogP contribution in [0.1, 0.15) is 12.8 Å². The zero-order valence-corrected chi connectivity index (χ0v) is 9.10. The molecule has 0 aliphatic carbocycles. The van der Waals surface area contributed by atoms with E-state index < -0.39 is 0 Å². The Morgan fingerprint density at radius 2 is 2.56 bits per heavy atom. The maximum atomic E-state index is 5.33. The van der Waals surface area contributed by atoms with Crippen LogP contribution in [0.2, 0.25) is 0 Å². The molecule has 4 nitrogen and oxygen atoms in total. The molecule has 0 spiro atoms. The second kappa shape index (κ2) is 4.14. The van der Waals surface area contributed by atoms with Gasteiger partial charge in [-0.3, -0.25) is 4.68 Å². The van der Waals surface area contributed by atoms with Gasteiger partial charge in [0.1, 0.15) is 5.76 Å². The minimum atomic E-state index is 0.573. The van der Waals surface area contributed by atoms with Crippen molar-refractivity contribution < 1.29 is 4.42 Å². The van der Waals surface area contributed by atoms with E-state index in [-0.39, 0.29) is 0 Å². The molecule has 2 aromatic heterocycles. The minimum absolute atomic E-state index is 0.573. The van der Waals surface area contributed by atoms with Crippen molar-refractivity contribution in [2.24, 2.45) is 0 Å². The molecule has 1 aliphatic rings. The van der Waals surface area contributed by atoms with E-state index in [9.17, 15) is 0 Å². The molecular formula is C12H15N3O. The first-order valence-electron chi connectivity index (χ1n) is 5.71. The monoisotopic (exact) mass is 217 g/mol. The van der Waals surface area contributed by atoms with Crippen LogP contribution in [0.15, 0.2) is 35.2 Å². The summed E-state index contributed by atoms with van der Waals surface area (Å²) in [5.74, 6) is 0.880. The smallest absolute Gasteiger partial charge is 0.137 e. The third kappa shape index (κ3) is 1.88. The van der Waals surface area contributed by atoms with Gasteiger partial charge in [-0.1, -0.05) is 0 Å². The molecule has 1 N–H and O–H groups in total. The Kier molecular flexibility index (Phi) is 2.50. The van der Waals surface area contributed by atoms with E-state index in [1.807, 2.05) is 29.2 Å². The summed E-state index contributed by atoms with van der Waals surface area (Å²) in [6, 6.07) is 4.42. The first kappa shape index (κ1) is 9.66. The maximum absolute atomic E-state index is 5.33. The summed E-state index contributed by atoms with van der Waals surface area (Å²) in [6.07, 6.45) is 8.10. The molecule has 2 aromatic rings. The quantitative estimate of drug-likeness (QED) is 0.853. The van der Waals surface area contributed by atoms with Crippen LogP contribution in [-0.4, -0.2) is 22.4 Å². The Morgan fingerprint density at radius 3 is 3.31 bits per heavy atom. The highest BCUT2D eigenvalue weighted by atomic mass is 16.3. The molecule has 84 valence electrons. The molecule has 1 unspecified atom stereocenters. The summed E-state index contributed by atoms with van der Waals surface area (Å²) >= 11 is 0. The number of nitrogens with zero attached hydrogens (tertiary/aromatic N) is 2. The van der Waals surface area contributed by atoms with Gasteiger partial charge >= 0.3 is 0 Å². The molecule has 16 heavy (non-hydrogen) atoms. The number of aromatic nitrogens is 2. The molecule has 0 bridgehead atoms. The lowest BCUT2D eigenvalue weighted by molar-refractivity contribution is 0.476. The number of nitrogens with one attached hydrogen (secondary N) is 1. The molecule has 3 heterocycles. The molecule has 1 fully saturated rings. The summed E-state index contributed by atoms with van der Waals surface area (Å²) in [5.41, 5.74) is 1.04. The molecule has 1 saturated heterocycles. The van der Waals surface area contributed by atoms with E-state index in [4.69, 9.17) is 4.42 Å². The number of hydrogen-bond donors (Lipinski definition) is 1. The molecular weight excluding hydrogens is 202 g/mol. The molecule has 0 amide bonds. The van der Waals surface area contributed by atoms with Gasteiger partial charge in [-0.05, 0) is 31.5 Å². The summed E-state index contributed by atoms with van der Waals surface area (Å²) in [7, 11) is 0. The summed E-state index contributed by atoms with van der Waals surface area (Å²) in [4.78, 5) is 0. The maximum Gasteiger partial charge on any atom is 0.137 e. The third-order valence-corrected chi connectivity index (χ3v) is 3.01. The van der Waals surface area contributed by atoms with Crippen LogP contribution in [-0.2, 0) is 6.54 Å². The molecule has 3 rings (SSSR count). The fourth-order valence-electron chi connectivity index (χ4n) is 2.17. The number of hydrogen-bond acceptors (Lipinski definition) is 3. The van der Waals surface area contributed by atoms with Crippen molar-refractivity contribution in [3.05, 3.63) is 30.8 Å². The third-order valence-electron chi connectivity index (χ3n) is 3.01. The van der Waals surface area contributed by atoms with E-state index in [0.29, 0.717) is 6.04 Å². The first-order chi connectivity index (χ1) is 7.92. The summed E-state index contributed by atoms with van der Waals surface area (Å²) < 4.78 is 7.32. The average Bonchev–Trinajstić information content (AvgIpc) is 2.99. The molecule has 0 saturated carbocycles. The molecule has 0 radical (unpaired) electrons. The Morgan fingerprint density at radius 1 is 1.56 bits per heavy atom. The Labute approximate surface area is 94.3 Å². The Hall–Kier alpha value is -1.55. The topological polar surface area (TPSA) is 43.0 Å². The standard InChI is InChI=1S/C12H15N3O/c1-3-11(13-5-1)9-15-8-10(7-14-15)12-4-2-6-16-12/h2,4,6-8,11,13H,1,3,5,9H2. The Bertz CT molecular complexity index is 441.